The Labute approximate surface area is 191 Å². The summed E-state index contributed by atoms with van der Waals surface area (Å²) in [5.74, 6) is -1.37. The van der Waals surface area contributed by atoms with E-state index in [4.69, 9.17) is 18.9 Å². The third kappa shape index (κ3) is 4.13. The van der Waals surface area contributed by atoms with Crippen LogP contribution >= 0.6 is 0 Å². The summed E-state index contributed by atoms with van der Waals surface area (Å²) in [5, 5.41) is 0.749. The van der Waals surface area contributed by atoms with Crippen LogP contribution in [0.25, 0.3) is 6.08 Å². The van der Waals surface area contributed by atoms with Crippen molar-refractivity contribution in [2.45, 2.75) is 31.7 Å². The van der Waals surface area contributed by atoms with Gasteiger partial charge in [0.1, 0.15) is 11.2 Å². The smallest absolute Gasteiger partial charge is 0.465 e. The highest BCUT2D eigenvalue weighted by molar-refractivity contribution is 5.99. The highest BCUT2D eigenvalue weighted by atomic mass is 19.4. The molecule has 2 aliphatic rings. The molecule has 0 saturated carbocycles. The minimum absolute atomic E-state index is 0.0153. The van der Waals surface area contributed by atoms with Gasteiger partial charge >= 0.3 is 18.3 Å². The van der Waals surface area contributed by atoms with Crippen LogP contribution in [0.4, 0.5) is 13.2 Å². The molecule has 0 aromatic heterocycles. The molecule has 0 N–H and O–H groups in total. The van der Waals surface area contributed by atoms with Gasteiger partial charge in [0.25, 0.3) is 0 Å². The van der Waals surface area contributed by atoms with E-state index >= 15 is 0 Å². The van der Waals surface area contributed by atoms with Crippen molar-refractivity contribution in [3.05, 3.63) is 52.5 Å². The standard InChI is InChI=1S/C23H20F3NO7/c1-3-30-20(28)19-22(21(29)31-4-2,13-5-7-14(8-6-13)34-23(24,25)26)11-15-16(27-19)9-10-17-18(15)33-12-32-17/h5-11,19H,3-4,12H2,1-2H3. The fraction of sp³-hybridized carbons (Fsp3) is 0.348. The van der Waals surface area contributed by atoms with Crippen molar-refractivity contribution in [1.82, 2.24) is 0 Å². The van der Waals surface area contributed by atoms with Crippen LogP contribution in [0.1, 0.15) is 19.4 Å². The van der Waals surface area contributed by atoms with Gasteiger partial charge in [-0.15, -0.1) is 13.2 Å². The highest BCUT2D eigenvalue weighted by Crippen LogP contribution is 2.38. The molecular formula is C23H20F3NO7. The summed E-state index contributed by atoms with van der Waals surface area (Å²) in [6, 6.07) is 6.43. The molecule has 2 atom stereocenters. The van der Waals surface area contributed by atoms with Gasteiger partial charge in [0.05, 0.1) is 18.6 Å². The van der Waals surface area contributed by atoms with Gasteiger partial charge in [0.15, 0.2) is 17.5 Å². The van der Waals surface area contributed by atoms with E-state index in [0.717, 1.165) is 12.1 Å². The van der Waals surface area contributed by atoms with Gasteiger partial charge in [-0.3, -0.25) is 9.79 Å². The average Bonchev–Trinajstić information content (AvgIpc) is 3.27. The van der Waals surface area contributed by atoms with Crippen LogP contribution < -0.4 is 24.8 Å². The van der Waals surface area contributed by atoms with E-state index in [2.05, 4.69) is 9.73 Å². The number of halogens is 3. The summed E-state index contributed by atoms with van der Waals surface area (Å²) in [6.07, 6.45) is -3.42. The molecule has 2 aliphatic heterocycles. The van der Waals surface area contributed by atoms with Crippen molar-refractivity contribution < 1.29 is 46.4 Å². The molecule has 0 aliphatic carbocycles. The quantitative estimate of drug-likeness (QED) is 0.587. The third-order valence-corrected chi connectivity index (χ3v) is 5.31. The van der Waals surface area contributed by atoms with Crippen molar-refractivity contribution >= 4 is 18.0 Å². The zero-order valence-corrected chi connectivity index (χ0v) is 18.2. The first kappa shape index (κ1) is 23.4. The summed E-state index contributed by atoms with van der Waals surface area (Å²) in [7, 11) is 0. The zero-order valence-electron chi connectivity index (χ0n) is 18.2. The van der Waals surface area contributed by atoms with E-state index in [1.54, 1.807) is 26.0 Å². The first-order valence-corrected chi connectivity index (χ1v) is 10.4. The Morgan fingerprint density at radius 2 is 1.76 bits per heavy atom. The van der Waals surface area contributed by atoms with Crippen LogP contribution in [-0.4, -0.2) is 44.3 Å². The lowest BCUT2D eigenvalue weighted by atomic mass is 9.72. The molecule has 0 amide bonds. The summed E-state index contributed by atoms with van der Waals surface area (Å²) >= 11 is 0. The van der Waals surface area contributed by atoms with Crippen molar-refractivity contribution in [3.8, 4) is 17.2 Å². The molecule has 2 aromatic rings. The molecule has 2 heterocycles. The fourth-order valence-electron chi connectivity index (χ4n) is 3.96. The average molecular weight is 479 g/mol. The number of nitrogens with zero attached hydrogens (tertiary/aromatic N) is 1. The molecule has 34 heavy (non-hydrogen) atoms. The number of benzene rings is 2. The number of fused-ring (bicyclic) bond motifs is 3. The Balaban J connectivity index is 1.97. The van der Waals surface area contributed by atoms with Gasteiger partial charge in [-0.25, -0.2) is 4.79 Å². The van der Waals surface area contributed by atoms with Crippen molar-refractivity contribution in [2.24, 2.45) is 4.99 Å². The lowest BCUT2D eigenvalue weighted by Gasteiger charge is -2.35. The number of esters is 2. The topological polar surface area (TPSA) is 92.7 Å². The van der Waals surface area contributed by atoms with Gasteiger partial charge in [0.2, 0.25) is 6.79 Å². The minimum atomic E-state index is -4.89. The molecule has 0 bridgehead atoms. The number of carbonyl (C=O) groups excluding carboxylic acids is 2. The minimum Gasteiger partial charge on any atom is -0.465 e. The molecule has 8 nitrogen and oxygen atoms in total. The van der Waals surface area contributed by atoms with Gasteiger partial charge in [-0.2, -0.15) is 0 Å². The lowest BCUT2D eigenvalue weighted by Crippen LogP contribution is -2.55. The Bertz CT molecular complexity index is 1230. The third-order valence-electron chi connectivity index (χ3n) is 5.31. The second kappa shape index (κ2) is 8.88. The largest absolute Gasteiger partial charge is 0.573 e. The number of hydrogen-bond acceptors (Lipinski definition) is 8. The fourth-order valence-corrected chi connectivity index (χ4v) is 3.96. The van der Waals surface area contributed by atoms with E-state index < -0.39 is 35.5 Å². The molecule has 0 fully saturated rings. The molecule has 0 radical (unpaired) electrons. The monoisotopic (exact) mass is 479 g/mol. The summed E-state index contributed by atoms with van der Waals surface area (Å²) in [5.41, 5.74) is -1.70. The summed E-state index contributed by atoms with van der Waals surface area (Å²) < 4.78 is 63.3. The lowest BCUT2D eigenvalue weighted by molar-refractivity contribution is -0.274. The molecule has 2 unspecified atom stereocenters. The van der Waals surface area contributed by atoms with Crippen LogP contribution in [0.5, 0.6) is 17.2 Å². The van der Waals surface area contributed by atoms with Crippen molar-refractivity contribution in [1.29, 1.82) is 0 Å². The number of alkyl halides is 3. The normalized spacial score (nSPS) is 20.4. The molecule has 4 rings (SSSR count). The second-order valence-corrected chi connectivity index (χ2v) is 7.32. The van der Waals surface area contributed by atoms with Crippen LogP contribution in [0, 0.1) is 0 Å². The van der Waals surface area contributed by atoms with Crippen LogP contribution in [0.15, 0.2) is 41.4 Å². The Morgan fingerprint density at radius 3 is 2.41 bits per heavy atom. The maximum absolute atomic E-state index is 13.5. The van der Waals surface area contributed by atoms with Crippen molar-refractivity contribution in [3.63, 3.8) is 0 Å². The molecule has 2 aromatic carbocycles. The maximum Gasteiger partial charge on any atom is 0.573 e. The maximum atomic E-state index is 13.5. The van der Waals surface area contributed by atoms with E-state index in [9.17, 15) is 22.8 Å². The molecular weight excluding hydrogens is 459 g/mol. The second-order valence-electron chi connectivity index (χ2n) is 7.32. The summed E-state index contributed by atoms with van der Waals surface area (Å²) in [4.78, 5) is 31.0. The molecule has 0 spiro atoms. The SMILES string of the molecule is CCOC(=O)C1N=c2ccc3c(c2=CC1(C(=O)OCC)c1ccc(OC(F)(F)F)cc1)OCO3. The van der Waals surface area contributed by atoms with Crippen molar-refractivity contribution in [2.75, 3.05) is 20.0 Å². The number of rotatable bonds is 6. The van der Waals surface area contributed by atoms with Crippen LogP contribution in [0.2, 0.25) is 0 Å². The molecule has 11 heteroatoms. The molecule has 180 valence electrons. The Morgan fingerprint density at radius 1 is 1.06 bits per heavy atom. The molecule has 0 saturated heterocycles. The van der Waals surface area contributed by atoms with E-state index in [1.165, 1.54) is 18.2 Å². The summed E-state index contributed by atoms with van der Waals surface area (Å²) in [6.45, 7) is 3.16. The first-order valence-electron chi connectivity index (χ1n) is 10.4. The van der Waals surface area contributed by atoms with Crippen LogP contribution in [-0.2, 0) is 24.5 Å². The van der Waals surface area contributed by atoms with Gasteiger partial charge in [0, 0.05) is 5.22 Å². The van der Waals surface area contributed by atoms with E-state index in [0.29, 0.717) is 22.1 Å². The van der Waals surface area contributed by atoms with Crippen LogP contribution in [0.3, 0.4) is 0 Å². The first-order chi connectivity index (χ1) is 16.2. The zero-order chi connectivity index (χ0) is 24.5. The Hall–Kier alpha value is -3.76. The highest BCUT2D eigenvalue weighted by Gasteiger charge is 2.53. The predicted molar refractivity (Wildman–Crippen MR) is 110 cm³/mol. The van der Waals surface area contributed by atoms with E-state index in [1.807, 2.05) is 0 Å². The Kier molecular flexibility index (Phi) is 6.11. The number of hydrogen-bond donors (Lipinski definition) is 0. The van der Waals surface area contributed by atoms with E-state index in [-0.39, 0.29) is 25.6 Å². The van der Waals surface area contributed by atoms with Gasteiger partial charge < -0.3 is 23.7 Å². The van der Waals surface area contributed by atoms with Gasteiger partial charge in [-0.1, -0.05) is 12.1 Å². The van der Waals surface area contributed by atoms with Gasteiger partial charge in [-0.05, 0) is 49.8 Å². The number of ether oxygens (including phenoxy) is 5. The predicted octanol–water partition coefficient (Wildman–Crippen LogP) is 2.16. The number of carbonyl (C=O) groups is 2.